The smallest absolute Gasteiger partial charge is 0.332 e. The van der Waals surface area contributed by atoms with Crippen LogP contribution in [0.3, 0.4) is 0 Å². The number of nitrogens with zero attached hydrogens (tertiary/aromatic N) is 8. The van der Waals surface area contributed by atoms with E-state index in [4.69, 9.17) is 0 Å². The molecule has 4 aromatic rings. The lowest BCUT2D eigenvalue weighted by Crippen LogP contribution is -2.41. The highest BCUT2D eigenvalue weighted by molar-refractivity contribution is 5.93. The van der Waals surface area contributed by atoms with Crippen LogP contribution < -0.4 is 21.5 Å². The minimum absolute atomic E-state index is 0.0512. The van der Waals surface area contributed by atoms with Crippen molar-refractivity contribution in [2.45, 2.75) is 32.9 Å². The number of ketones is 1. The monoisotopic (exact) mass is 529 g/mol. The van der Waals surface area contributed by atoms with Crippen molar-refractivity contribution in [2.75, 3.05) is 23.3 Å². The van der Waals surface area contributed by atoms with E-state index in [0.717, 1.165) is 41.0 Å². The molecule has 1 N–H and O–H groups in total. The number of fused-ring (bicyclic) bond motifs is 2. The van der Waals surface area contributed by atoms with Crippen molar-refractivity contribution in [3.8, 4) is 11.3 Å². The first-order chi connectivity index (χ1) is 18.7. The van der Waals surface area contributed by atoms with E-state index < -0.39 is 23.2 Å². The van der Waals surface area contributed by atoms with Crippen molar-refractivity contribution < 1.29 is 9.59 Å². The molecule has 1 aliphatic carbocycles. The summed E-state index contributed by atoms with van der Waals surface area (Å²) < 4.78 is 3.42. The highest BCUT2D eigenvalue weighted by Crippen LogP contribution is 2.45. The van der Waals surface area contributed by atoms with Gasteiger partial charge in [0.2, 0.25) is 11.9 Å². The van der Waals surface area contributed by atoms with Gasteiger partial charge in [0.05, 0.1) is 18.6 Å². The molecule has 13 heteroatoms. The molecule has 1 saturated carbocycles. The molecular weight excluding hydrogens is 502 g/mol. The van der Waals surface area contributed by atoms with Crippen LogP contribution >= 0.6 is 0 Å². The number of carbonyl (C=O) groups excluding carboxylic acids is 2. The fraction of sp³-hybridized carbons (Fsp3) is 0.385. The van der Waals surface area contributed by atoms with E-state index in [1.165, 1.54) is 35.9 Å². The summed E-state index contributed by atoms with van der Waals surface area (Å²) in [6.07, 6.45) is 6.11. The van der Waals surface area contributed by atoms with E-state index in [1.807, 2.05) is 6.07 Å². The second-order valence-electron chi connectivity index (χ2n) is 10.3. The Balaban J connectivity index is 1.23. The van der Waals surface area contributed by atoms with Gasteiger partial charge < -0.3 is 14.8 Å². The summed E-state index contributed by atoms with van der Waals surface area (Å²) in [7, 11) is 1.46. The molecule has 0 spiro atoms. The van der Waals surface area contributed by atoms with Crippen LogP contribution in [0.5, 0.6) is 0 Å². The number of piperidine rings is 1. The number of pyridine rings is 1. The first-order valence-corrected chi connectivity index (χ1v) is 12.7. The van der Waals surface area contributed by atoms with Gasteiger partial charge in [-0.15, -0.1) is 0 Å². The third kappa shape index (κ3) is 4.39. The molecule has 0 radical (unpaired) electrons. The summed E-state index contributed by atoms with van der Waals surface area (Å²) in [5, 5.41) is 2.78. The lowest BCUT2D eigenvalue weighted by atomic mass is 10.2. The van der Waals surface area contributed by atoms with Gasteiger partial charge in [-0.05, 0) is 44.2 Å². The molecule has 0 aromatic carbocycles. The van der Waals surface area contributed by atoms with E-state index in [9.17, 15) is 19.2 Å². The Bertz CT molecular complexity index is 1730. The van der Waals surface area contributed by atoms with Crippen LogP contribution in [0.25, 0.3) is 22.4 Å². The van der Waals surface area contributed by atoms with Crippen molar-refractivity contribution in [3.63, 3.8) is 0 Å². The van der Waals surface area contributed by atoms with Crippen molar-refractivity contribution >= 4 is 34.6 Å². The minimum atomic E-state index is -0.870. The molecule has 2 aliphatic rings. The summed E-state index contributed by atoms with van der Waals surface area (Å²) >= 11 is 0. The van der Waals surface area contributed by atoms with E-state index in [1.54, 1.807) is 31.5 Å². The van der Waals surface area contributed by atoms with Gasteiger partial charge in [0.15, 0.2) is 11.2 Å². The average molecular weight is 530 g/mol. The molecule has 39 heavy (non-hydrogen) atoms. The first-order valence-electron chi connectivity index (χ1n) is 12.7. The predicted octanol–water partition coefficient (Wildman–Crippen LogP) is 0.993. The van der Waals surface area contributed by atoms with Crippen molar-refractivity contribution in [1.29, 1.82) is 0 Å². The van der Waals surface area contributed by atoms with Gasteiger partial charge in [-0.3, -0.25) is 23.5 Å². The van der Waals surface area contributed by atoms with Gasteiger partial charge in [0.1, 0.15) is 17.6 Å². The third-order valence-corrected chi connectivity index (χ3v) is 7.43. The third-order valence-electron chi connectivity index (χ3n) is 7.43. The Morgan fingerprint density at radius 3 is 2.51 bits per heavy atom. The van der Waals surface area contributed by atoms with Crippen LogP contribution in [-0.4, -0.2) is 58.4 Å². The van der Waals surface area contributed by atoms with E-state index in [2.05, 4.69) is 30.2 Å². The van der Waals surface area contributed by atoms with Gasteiger partial charge in [-0.25, -0.2) is 24.7 Å². The number of rotatable bonds is 7. The number of anilines is 2. The normalized spacial score (nSPS) is 18.7. The highest BCUT2D eigenvalue weighted by atomic mass is 16.2. The first kappa shape index (κ1) is 24.6. The lowest BCUT2D eigenvalue weighted by Gasteiger charge is -2.17. The number of amides is 1. The Kier molecular flexibility index (Phi) is 5.85. The van der Waals surface area contributed by atoms with Crippen LogP contribution in [0.2, 0.25) is 0 Å². The van der Waals surface area contributed by atoms with E-state index in [0.29, 0.717) is 11.5 Å². The van der Waals surface area contributed by atoms with Crippen LogP contribution in [0.4, 0.5) is 11.8 Å². The molecule has 1 saturated heterocycles. The maximum Gasteiger partial charge on any atom is 0.332 e. The number of aryl methyl sites for hydroxylation is 1. The molecule has 2 fully saturated rings. The Morgan fingerprint density at radius 2 is 1.82 bits per heavy atom. The Hall–Kier alpha value is -4.68. The number of hydrogen-bond acceptors (Lipinski definition) is 9. The second-order valence-corrected chi connectivity index (χ2v) is 10.3. The predicted molar refractivity (Wildman–Crippen MR) is 142 cm³/mol. The highest BCUT2D eigenvalue weighted by Gasteiger charge is 2.45. The molecule has 200 valence electrons. The molecule has 3 atom stereocenters. The van der Waals surface area contributed by atoms with Gasteiger partial charge in [0, 0.05) is 38.1 Å². The SMILES string of the molecule is CC(=O)Cn1c(=O)c2c(ncn2[C@@H](C)C(=O)Nc2cccc(-c3cnc(N4CC5CC5C4)nc3)n2)n(C)c1=O. The Morgan fingerprint density at radius 1 is 1.10 bits per heavy atom. The largest absolute Gasteiger partial charge is 0.340 e. The zero-order valence-electron chi connectivity index (χ0n) is 21.7. The van der Waals surface area contributed by atoms with Crippen molar-refractivity contribution in [2.24, 2.45) is 18.9 Å². The van der Waals surface area contributed by atoms with Crippen LogP contribution in [0.1, 0.15) is 26.3 Å². The summed E-state index contributed by atoms with van der Waals surface area (Å²) in [4.78, 5) is 70.5. The number of carbonyl (C=O) groups is 2. The Labute approximate surface area is 222 Å². The standard InChI is InChI=1S/C26H27N9O4/c1-14(36)10-34-24(38)21-22(32(3)26(34)39)29-13-35(21)15(2)23(37)31-20-6-4-5-19(30-20)18-8-27-25(28-9-18)33-11-16-7-17(16)12-33/h4-6,8-9,13,15-17H,7,10-12H2,1-3H3,(H,30,31,37)/t15-,16?,17?/m0/s1. The van der Waals surface area contributed by atoms with Crippen molar-refractivity contribution in [3.05, 3.63) is 57.8 Å². The average Bonchev–Trinajstić information content (AvgIpc) is 3.31. The number of Topliss-reactive ketones (excluding diaryl/α,β-unsaturated/α-hetero) is 1. The molecule has 13 nitrogen and oxygen atoms in total. The molecule has 6 rings (SSSR count). The fourth-order valence-corrected chi connectivity index (χ4v) is 5.15. The zero-order valence-corrected chi connectivity index (χ0v) is 21.7. The molecule has 2 unspecified atom stereocenters. The summed E-state index contributed by atoms with van der Waals surface area (Å²) in [6, 6.07) is 4.37. The van der Waals surface area contributed by atoms with Crippen LogP contribution in [0, 0.1) is 11.8 Å². The summed E-state index contributed by atoms with van der Waals surface area (Å²) in [5.41, 5.74) is 0.163. The molecule has 0 bridgehead atoms. The molecule has 4 aromatic heterocycles. The number of nitrogens with one attached hydrogen (secondary N) is 1. The zero-order chi connectivity index (χ0) is 27.4. The fourth-order valence-electron chi connectivity index (χ4n) is 5.15. The number of aromatic nitrogens is 7. The summed E-state index contributed by atoms with van der Waals surface area (Å²) in [6.45, 7) is 4.55. The van der Waals surface area contributed by atoms with Gasteiger partial charge in [0.25, 0.3) is 5.56 Å². The number of hydrogen-bond donors (Lipinski definition) is 1. The summed E-state index contributed by atoms with van der Waals surface area (Å²) in [5.74, 6) is 1.82. The quantitative estimate of drug-likeness (QED) is 0.370. The molecular formula is C26H27N9O4. The maximum absolute atomic E-state index is 13.2. The van der Waals surface area contributed by atoms with Gasteiger partial charge in [-0.2, -0.15) is 0 Å². The number of imidazole rings is 1. The van der Waals surface area contributed by atoms with Crippen LogP contribution in [-0.2, 0) is 23.2 Å². The van der Waals surface area contributed by atoms with Crippen LogP contribution in [0.15, 0.2) is 46.5 Å². The maximum atomic E-state index is 13.2. The van der Waals surface area contributed by atoms with E-state index in [-0.39, 0.29) is 23.5 Å². The molecule has 1 amide bonds. The van der Waals surface area contributed by atoms with E-state index >= 15 is 0 Å². The molecule has 5 heterocycles. The van der Waals surface area contributed by atoms with Gasteiger partial charge in [-0.1, -0.05) is 6.07 Å². The second kappa shape index (κ2) is 9.26. The molecule has 1 aliphatic heterocycles. The minimum Gasteiger partial charge on any atom is -0.340 e. The lowest BCUT2D eigenvalue weighted by molar-refractivity contribution is -0.119. The van der Waals surface area contributed by atoms with Gasteiger partial charge >= 0.3 is 5.69 Å². The van der Waals surface area contributed by atoms with Crippen molar-refractivity contribution in [1.82, 2.24) is 33.6 Å². The topological polar surface area (TPSA) is 150 Å².